The fourth-order valence-electron chi connectivity index (χ4n) is 7.09. The molecule has 47 heavy (non-hydrogen) atoms. The van der Waals surface area contributed by atoms with Crippen LogP contribution in [0.5, 0.6) is 0 Å². The van der Waals surface area contributed by atoms with Gasteiger partial charge in [0.15, 0.2) is 0 Å². The number of amides is 3. The normalized spacial score (nSPS) is 27.1. The van der Waals surface area contributed by atoms with Crippen molar-refractivity contribution in [2.75, 3.05) is 33.9 Å². The Morgan fingerprint density at radius 3 is 2.40 bits per heavy atom. The second kappa shape index (κ2) is 20.2. The molecular formula is C37H65N3O7. The van der Waals surface area contributed by atoms with Gasteiger partial charge >= 0.3 is 12.0 Å². The van der Waals surface area contributed by atoms with Crippen LogP contribution in [0.25, 0.3) is 0 Å². The van der Waals surface area contributed by atoms with E-state index in [1.807, 2.05) is 13.8 Å². The molecule has 2 aliphatic heterocycles. The third-order valence-corrected chi connectivity index (χ3v) is 9.97. The average molecular weight is 664 g/mol. The first-order chi connectivity index (χ1) is 22.3. The van der Waals surface area contributed by atoms with E-state index in [1.165, 1.54) is 7.11 Å². The smallest absolute Gasteiger partial charge is 0.328 e. The highest BCUT2D eigenvalue weighted by Crippen LogP contribution is 2.47. The number of epoxide rings is 1. The van der Waals surface area contributed by atoms with E-state index < -0.39 is 12.0 Å². The van der Waals surface area contributed by atoms with Crippen LogP contribution in [0.3, 0.4) is 0 Å². The van der Waals surface area contributed by atoms with E-state index in [4.69, 9.17) is 18.9 Å². The molecular weight excluding hydrogens is 598 g/mol. The number of hydrogen-bond acceptors (Lipinski definition) is 7. The lowest BCUT2D eigenvalue weighted by Gasteiger charge is -2.35. The molecule has 0 aliphatic carbocycles. The maximum Gasteiger partial charge on any atom is 0.328 e. The number of unbranched alkanes of at least 4 members (excludes halogenated alkanes) is 1. The van der Waals surface area contributed by atoms with Gasteiger partial charge in [0, 0.05) is 32.7 Å². The van der Waals surface area contributed by atoms with Crippen LogP contribution in [0, 0.1) is 17.8 Å². The van der Waals surface area contributed by atoms with Gasteiger partial charge in [0.05, 0.1) is 43.5 Å². The predicted octanol–water partition coefficient (Wildman–Crippen LogP) is 6.19. The van der Waals surface area contributed by atoms with Crippen LogP contribution in [0.2, 0.25) is 0 Å². The summed E-state index contributed by atoms with van der Waals surface area (Å²) in [6, 6.07) is -0.818. The summed E-state index contributed by atoms with van der Waals surface area (Å²) >= 11 is 0. The molecule has 270 valence electrons. The lowest BCUT2D eigenvalue weighted by Crippen LogP contribution is -2.44. The molecule has 0 radical (unpaired) electrons. The van der Waals surface area contributed by atoms with Crippen molar-refractivity contribution >= 4 is 17.9 Å². The summed E-state index contributed by atoms with van der Waals surface area (Å²) in [6.45, 7) is 18.8. The maximum atomic E-state index is 13.0. The monoisotopic (exact) mass is 663 g/mol. The molecule has 10 nitrogen and oxygen atoms in total. The number of carbonyl (C=O) groups is 3. The minimum absolute atomic E-state index is 0.0704. The summed E-state index contributed by atoms with van der Waals surface area (Å²) in [7, 11) is 3.11. The van der Waals surface area contributed by atoms with E-state index in [2.05, 4.69) is 70.4 Å². The van der Waals surface area contributed by atoms with E-state index in [0.717, 1.165) is 31.3 Å². The summed E-state index contributed by atoms with van der Waals surface area (Å²) in [5.74, 6) is 0.383. The quantitative estimate of drug-likeness (QED) is 0.0691. The summed E-state index contributed by atoms with van der Waals surface area (Å²) in [4.78, 5) is 39.3. The Balaban J connectivity index is 1.84. The zero-order valence-electron chi connectivity index (χ0n) is 30.9. The van der Waals surface area contributed by atoms with Gasteiger partial charge in [0.25, 0.3) is 0 Å². The number of allylic oxidation sites excluding steroid dienone is 3. The SMILES string of the molecule is CC[C@H](OC)[C@@H](C)[C@H]1O[C@]1(C)C[C@H](C)/C=C/C=C(\C)[C@H]1O[C@@H](CC(=O)N[C@H](CCCCNC(=O)N(CC)CC)C(=O)OC)CC[C@@H]1C. The number of ether oxygens (including phenoxy) is 4. The second-order valence-electron chi connectivity index (χ2n) is 13.9. The minimum atomic E-state index is -0.729. The Hall–Kier alpha value is -2.43. The zero-order chi connectivity index (χ0) is 35.1. The fraction of sp³-hybridized carbons (Fsp3) is 0.811. The molecule has 0 aromatic heterocycles. The van der Waals surface area contributed by atoms with E-state index in [-0.39, 0.29) is 48.4 Å². The molecule has 10 heteroatoms. The summed E-state index contributed by atoms with van der Waals surface area (Å²) in [6.07, 6.45) is 12.3. The number of esters is 1. The number of nitrogens with one attached hydrogen (secondary N) is 2. The van der Waals surface area contributed by atoms with E-state index in [0.29, 0.717) is 56.7 Å². The Bertz CT molecular complexity index is 1040. The van der Waals surface area contributed by atoms with Crippen molar-refractivity contribution in [3.63, 3.8) is 0 Å². The third kappa shape index (κ3) is 12.8. The summed E-state index contributed by atoms with van der Waals surface area (Å²) < 4.78 is 23.2. The standard InChI is InChI=1S/C37H65N3O7/c1-11-31(44-9)28(7)34-37(8,47-34)24-25(4)17-16-18-26(5)33-27(6)20-21-29(46-33)23-32(41)39-30(35(42)45-10)19-14-15-22-38-36(43)40(12-2)13-3/h16-18,25,27-31,33-34H,11-15,19-24H2,1-10H3,(H,38,43)(H,39,41)/b17-16+,26-18+/t25-,27+,28-,29-,30-,31+,33-,34-,37-/m1/s1. The number of nitrogens with zero attached hydrogens (tertiary/aromatic N) is 1. The van der Waals surface area contributed by atoms with Crippen LogP contribution in [-0.2, 0) is 28.5 Å². The molecule has 0 spiro atoms. The van der Waals surface area contributed by atoms with Crippen LogP contribution in [0.4, 0.5) is 4.79 Å². The summed E-state index contributed by atoms with van der Waals surface area (Å²) in [5, 5.41) is 5.77. The minimum Gasteiger partial charge on any atom is -0.467 e. The maximum absolute atomic E-state index is 13.0. The lowest BCUT2D eigenvalue weighted by atomic mass is 9.86. The van der Waals surface area contributed by atoms with Crippen molar-refractivity contribution in [3.05, 3.63) is 23.8 Å². The van der Waals surface area contributed by atoms with Gasteiger partial charge in [-0.3, -0.25) is 4.79 Å². The van der Waals surface area contributed by atoms with Crippen molar-refractivity contribution in [2.24, 2.45) is 17.8 Å². The molecule has 0 bridgehead atoms. The Morgan fingerprint density at radius 1 is 1.09 bits per heavy atom. The van der Waals surface area contributed by atoms with Gasteiger partial charge in [-0.25, -0.2) is 9.59 Å². The Morgan fingerprint density at radius 2 is 1.79 bits per heavy atom. The zero-order valence-corrected chi connectivity index (χ0v) is 30.9. The second-order valence-corrected chi connectivity index (χ2v) is 13.9. The van der Waals surface area contributed by atoms with Crippen molar-refractivity contribution < 1.29 is 33.3 Å². The first-order valence-corrected chi connectivity index (χ1v) is 17.9. The van der Waals surface area contributed by atoms with Crippen molar-refractivity contribution in [1.29, 1.82) is 0 Å². The predicted molar refractivity (Wildman–Crippen MR) is 186 cm³/mol. The molecule has 2 aliphatic rings. The van der Waals surface area contributed by atoms with Gasteiger partial charge in [-0.15, -0.1) is 0 Å². The number of methoxy groups -OCH3 is 2. The molecule has 3 amide bonds. The van der Waals surface area contributed by atoms with Gasteiger partial charge in [-0.1, -0.05) is 45.9 Å². The molecule has 0 aromatic rings. The highest BCUT2D eigenvalue weighted by atomic mass is 16.6. The van der Waals surface area contributed by atoms with Gasteiger partial charge in [-0.2, -0.15) is 0 Å². The van der Waals surface area contributed by atoms with E-state index in [9.17, 15) is 14.4 Å². The largest absolute Gasteiger partial charge is 0.467 e. The number of hydrogen-bond donors (Lipinski definition) is 2. The van der Waals surface area contributed by atoms with Crippen LogP contribution in [0.15, 0.2) is 23.8 Å². The molecule has 2 fully saturated rings. The highest BCUT2D eigenvalue weighted by Gasteiger charge is 2.56. The van der Waals surface area contributed by atoms with Gasteiger partial charge in [0.1, 0.15) is 6.04 Å². The number of rotatable bonds is 20. The summed E-state index contributed by atoms with van der Waals surface area (Å²) in [5.41, 5.74) is 1.02. The molecule has 2 saturated heterocycles. The first kappa shape index (κ1) is 40.7. The van der Waals surface area contributed by atoms with Crippen LogP contribution < -0.4 is 10.6 Å². The Labute approximate surface area is 284 Å². The number of carbonyl (C=O) groups excluding carboxylic acids is 3. The average Bonchev–Trinajstić information content (AvgIpc) is 3.71. The van der Waals surface area contributed by atoms with Gasteiger partial charge in [-0.05, 0) is 90.0 Å². The van der Waals surface area contributed by atoms with E-state index >= 15 is 0 Å². The lowest BCUT2D eigenvalue weighted by molar-refractivity contribution is -0.146. The van der Waals surface area contributed by atoms with Crippen molar-refractivity contribution in [2.45, 2.75) is 143 Å². The van der Waals surface area contributed by atoms with Gasteiger partial charge in [0.2, 0.25) is 5.91 Å². The van der Waals surface area contributed by atoms with Gasteiger partial charge < -0.3 is 34.5 Å². The fourth-order valence-corrected chi connectivity index (χ4v) is 7.09. The Kier molecular flexibility index (Phi) is 17.5. The van der Waals surface area contributed by atoms with Crippen molar-refractivity contribution in [3.8, 4) is 0 Å². The first-order valence-electron chi connectivity index (χ1n) is 17.9. The van der Waals surface area contributed by atoms with Crippen LogP contribution >= 0.6 is 0 Å². The highest BCUT2D eigenvalue weighted by molar-refractivity contribution is 5.84. The van der Waals surface area contributed by atoms with Crippen LogP contribution in [0.1, 0.15) is 107 Å². The number of urea groups is 1. The molecule has 0 unspecified atom stereocenters. The molecule has 2 rings (SSSR count). The van der Waals surface area contributed by atoms with Crippen molar-refractivity contribution in [1.82, 2.24) is 15.5 Å². The molecule has 0 saturated carbocycles. The topological polar surface area (TPSA) is 119 Å². The molecule has 2 heterocycles. The molecule has 2 N–H and O–H groups in total. The van der Waals surface area contributed by atoms with Crippen LogP contribution in [-0.4, -0.2) is 92.7 Å². The molecule has 9 atom stereocenters. The third-order valence-electron chi connectivity index (χ3n) is 9.97. The van der Waals surface area contributed by atoms with E-state index in [1.54, 1.807) is 12.0 Å². The molecule has 0 aromatic carbocycles.